The fraction of sp³-hybridized carbons (Fsp3) is 0. The quantitative estimate of drug-likeness (QED) is 0.308. The van der Waals surface area contributed by atoms with Crippen LogP contribution in [0.4, 0.5) is 0 Å². The molecule has 0 heterocycles. The van der Waals surface area contributed by atoms with Gasteiger partial charge in [0.15, 0.2) is 0 Å². The fourth-order valence-electron chi connectivity index (χ4n) is 3.90. The van der Waals surface area contributed by atoms with Crippen LogP contribution in [-0.2, 0) is 0 Å². The van der Waals surface area contributed by atoms with Crippen LogP contribution in [0, 0.1) is 0 Å². The topological polar surface area (TPSA) is 29.5 Å². The number of phenols is 1. The molecule has 154 valence electrons. The van der Waals surface area contributed by atoms with Gasteiger partial charge in [0.05, 0.1) is 0 Å². The highest BCUT2D eigenvalue weighted by molar-refractivity contribution is 5.91. The highest BCUT2D eigenvalue weighted by atomic mass is 16.5. The lowest BCUT2D eigenvalue weighted by atomic mass is 10.1. The zero-order valence-corrected chi connectivity index (χ0v) is 17.5. The summed E-state index contributed by atoms with van der Waals surface area (Å²) in [5.41, 5.74) is 0. The van der Waals surface area contributed by atoms with E-state index in [-0.39, 0.29) is 0 Å². The van der Waals surface area contributed by atoms with Crippen molar-refractivity contribution in [2.75, 3.05) is 0 Å². The molecule has 0 aliphatic heterocycles. The molecule has 0 aromatic heterocycles. The minimum atomic E-state index is 0.350. The first kappa shape index (κ1) is 19.7. The van der Waals surface area contributed by atoms with Gasteiger partial charge in [-0.15, -0.1) is 0 Å². The van der Waals surface area contributed by atoms with Crippen LogP contribution in [0.1, 0.15) is 0 Å². The van der Waals surface area contributed by atoms with Gasteiger partial charge in [0.2, 0.25) is 0 Å². The third-order valence-corrected chi connectivity index (χ3v) is 5.49. The molecule has 0 saturated carbocycles. The van der Waals surface area contributed by atoms with Crippen LogP contribution in [0.15, 0.2) is 127 Å². The molecule has 2 heteroatoms. The molecular weight excluding hydrogens is 392 g/mol. The second-order valence-corrected chi connectivity index (χ2v) is 7.55. The molecule has 0 bridgehead atoms. The summed E-state index contributed by atoms with van der Waals surface area (Å²) in [6.07, 6.45) is 0. The molecule has 0 radical (unpaired) electrons. The van der Waals surface area contributed by atoms with E-state index in [4.69, 9.17) is 4.74 Å². The Labute approximate surface area is 187 Å². The molecule has 6 rings (SSSR count). The van der Waals surface area contributed by atoms with Gasteiger partial charge < -0.3 is 9.84 Å². The summed E-state index contributed by atoms with van der Waals surface area (Å²) < 4.78 is 6.20. The zero-order valence-electron chi connectivity index (χ0n) is 17.5. The van der Waals surface area contributed by atoms with Crippen molar-refractivity contribution in [1.29, 1.82) is 0 Å². The second kappa shape index (κ2) is 8.83. The summed E-state index contributed by atoms with van der Waals surface area (Å²) in [5, 5.41) is 16.0. The van der Waals surface area contributed by atoms with Gasteiger partial charge in [-0.25, -0.2) is 0 Å². The van der Waals surface area contributed by atoms with E-state index in [1.165, 1.54) is 10.8 Å². The summed E-state index contributed by atoms with van der Waals surface area (Å²) in [6.45, 7) is 0. The van der Waals surface area contributed by atoms with Gasteiger partial charge >= 0.3 is 0 Å². The number of aromatic hydroxyl groups is 1. The Hall–Kier alpha value is -4.30. The SMILES string of the molecule is Oc1cccc2ccccc12.c1ccc2c(Oc3cccc4ccccc34)cccc2c1. The number of phenolic OH excluding ortho intramolecular Hbond substituents is 1. The molecule has 1 N–H and O–H groups in total. The highest BCUT2D eigenvalue weighted by Crippen LogP contribution is 2.33. The van der Waals surface area contributed by atoms with Gasteiger partial charge in [-0.2, -0.15) is 0 Å². The molecule has 0 fully saturated rings. The average Bonchev–Trinajstić information content (AvgIpc) is 2.85. The van der Waals surface area contributed by atoms with Crippen molar-refractivity contribution in [1.82, 2.24) is 0 Å². The highest BCUT2D eigenvalue weighted by Gasteiger charge is 2.06. The lowest BCUT2D eigenvalue weighted by molar-refractivity contribution is 0.481. The van der Waals surface area contributed by atoms with E-state index < -0.39 is 0 Å². The second-order valence-electron chi connectivity index (χ2n) is 7.55. The van der Waals surface area contributed by atoms with Crippen LogP contribution in [0.25, 0.3) is 32.3 Å². The average molecular weight is 415 g/mol. The third kappa shape index (κ3) is 3.99. The van der Waals surface area contributed by atoms with Gasteiger partial charge in [-0.3, -0.25) is 0 Å². The number of fused-ring (bicyclic) bond motifs is 3. The van der Waals surface area contributed by atoms with Crippen molar-refractivity contribution in [3.63, 3.8) is 0 Å². The van der Waals surface area contributed by atoms with Crippen LogP contribution in [0.5, 0.6) is 17.2 Å². The molecule has 32 heavy (non-hydrogen) atoms. The normalized spacial score (nSPS) is 10.6. The smallest absolute Gasteiger partial charge is 0.135 e. The molecule has 0 amide bonds. The van der Waals surface area contributed by atoms with E-state index in [1.54, 1.807) is 6.07 Å². The monoisotopic (exact) mass is 414 g/mol. The number of rotatable bonds is 2. The van der Waals surface area contributed by atoms with E-state index in [0.717, 1.165) is 33.0 Å². The maximum atomic E-state index is 9.37. The van der Waals surface area contributed by atoms with Gasteiger partial charge in [-0.05, 0) is 34.4 Å². The van der Waals surface area contributed by atoms with E-state index in [0.29, 0.717) is 5.75 Å². The molecule has 0 atom stereocenters. The Bertz CT molecular complexity index is 1430. The maximum Gasteiger partial charge on any atom is 0.135 e. The summed E-state index contributed by atoms with van der Waals surface area (Å²) in [5.74, 6) is 2.14. The van der Waals surface area contributed by atoms with Crippen LogP contribution < -0.4 is 4.74 Å². The Morgan fingerprint density at radius 3 is 1.25 bits per heavy atom. The summed E-state index contributed by atoms with van der Waals surface area (Å²) in [4.78, 5) is 0. The lowest BCUT2D eigenvalue weighted by Gasteiger charge is -2.11. The molecule has 0 saturated heterocycles. The van der Waals surface area contributed by atoms with Gasteiger partial charge in [0.1, 0.15) is 17.2 Å². The Morgan fingerprint density at radius 1 is 0.375 bits per heavy atom. The molecule has 2 nitrogen and oxygen atoms in total. The maximum absolute atomic E-state index is 9.37. The number of hydrogen-bond donors (Lipinski definition) is 1. The molecular formula is C30H22O2. The Morgan fingerprint density at radius 2 is 0.750 bits per heavy atom. The fourth-order valence-corrected chi connectivity index (χ4v) is 3.90. The lowest BCUT2D eigenvalue weighted by Crippen LogP contribution is -1.87. The summed E-state index contributed by atoms with van der Waals surface area (Å²) in [7, 11) is 0. The van der Waals surface area contributed by atoms with Crippen molar-refractivity contribution in [2.45, 2.75) is 0 Å². The first-order valence-electron chi connectivity index (χ1n) is 10.6. The molecule has 0 spiro atoms. The number of hydrogen-bond acceptors (Lipinski definition) is 2. The number of ether oxygens (including phenoxy) is 1. The van der Waals surface area contributed by atoms with Gasteiger partial charge in [0, 0.05) is 16.2 Å². The zero-order chi connectivity index (χ0) is 21.8. The summed E-state index contributed by atoms with van der Waals surface area (Å²) in [6, 6.07) is 42.2. The van der Waals surface area contributed by atoms with Gasteiger partial charge in [0.25, 0.3) is 0 Å². The first-order valence-corrected chi connectivity index (χ1v) is 10.6. The van der Waals surface area contributed by atoms with Crippen molar-refractivity contribution in [3.05, 3.63) is 127 Å². The van der Waals surface area contributed by atoms with E-state index >= 15 is 0 Å². The third-order valence-electron chi connectivity index (χ3n) is 5.49. The van der Waals surface area contributed by atoms with Crippen molar-refractivity contribution < 1.29 is 9.84 Å². The molecule has 6 aromatic rings. The van der Waals surface area contributed by atoms with Crippen LogP contribution in [-0.4, -0.2) is 5.11 Å². The van der Waals surface area contributed by atoms with Crippen molar-refractivity contribution >= 4 is 32.3 Å². The molecule has 0 aliphatic rings. The minimum absolute atomic E-state index is 0.350. The Kier molecular flexibility index (Phi) is 5.42. The van der Waals surface area contributed by atoms with Gasteiger partial charge in [-0.1, -0.05) is 109 Å². The predicted octanol–water partition coefficient (Wildman–Crippen LogP) is 8.33. The van der Waals surface area contributed by atoms with Crippen LogP contribution in [0.3, 0.4) is 0 Å². The first-order chi connectivity index (χ1) is 15.8. The predicted molar refractivity (Wildman–Crippen MR) is 134 cm³/mol. The van der Waals surface area contributed by atoms with Crippen molar-refractivity contribution in [2.24, 2.45) is 0 Å². The van der Waals surface area contributed by atoms with Crippen LogP contribution >= 0.6 is 0 Å². The molecule has 0 aliphatic carbocycles. The van der Waals surface area contributed by atoms with E-state index in [1.807, 2.05) is 84.9 Å². The summed E-state index contributed by atoms with van der Waals surface area (Å²) >= 11 is 0. The Balaban J connectivity index is 0.000000165. The minimum Gasteiger partial charge on any atom is -0.507 e. The van der Waals surface area contributed by atoms with E-state index in [9.17, 15) is 5.11 Å². The number of benzene rings is 6. The standard InChI is InChI=1S/C20H14O.C10H8O/c1-3-11-17-15(7-1)9-5-13-19(17)21-20-14-6-10-16-8-2-4-12-18(16)20;11-10-7-3-5-8-4-1-2-6-9(8)10/h1-14H;1-7,11H. The molecule has 6 aromatic carbocycles. The molecule has 0 unspecified atom stereocenters. The largest absolute Gasteiger partial charge is 0.507 e. The van der Waals surface area contributed by atoms with Crippen molar-refractivity contribution in [3.8, 4) is 17.2 Å². The van der Waals surface area contributed by atoms with E-state index in [2.05, 4.69) is 36.4 Å². The van der Waals surface area contributed by atoms with Crippen LogP contribution in [0.2, 0.25) is 0 Å².